The number of para-hydroxylation sites is 2. The Morgan fingerprint density at radius 2 is 2.04 bits per heavy atom. The maximum Gasteiger partial charge on any atom is 0.251 e. The van der Waals surface area contributed by atoms with E-state index < -0.39 is 5.41 Å². The number of imide groups is 1. The summed E-state index contributed by atoms with van der Waals surface area (Å²) < 4.78 is 0. The van der Waals surface area contributed by atoms with E-state index in [1.165, 1.54) is 4.90 Å². The first-order valence-electron chi connectivity index (χ1n) is 8.27. The van der Waals surface area contributed by atoms with Crippen LogP contribution in [0.3, 0.4) is 0 Å². The highest BCUT2D eigenvalue weighted by atomic mass is 16.2. The lowest BCUT2D eigenvalue weighted by Crippen LogP contribution is -2.57. The third-order valence-corrected chi connectivity index (χ3v) is 5.22. The summed E-state index contributed by atoms with van der Waals surface area (Å²) in [7, 11) is 0. The van der Waals surface area contributed by atoms with E-state index in [0.717, 1.165) is 16.6 Å². The first kappa shape index (κ1) is 14.2. The maximum atomic E-state index is 13.5. The summed E-state index contributed by atoms with van der Waals surface area (Å²) in [5, 5.41) is 0. The summed E-state index contributed by atoms with van der Waals surface area (Å²) in [4.78, 5) is 35.0. The minimum absolute atomic E-state index is 0.158. The van der Waals surface area contributed by atoms with Crippen LogP contribution in [-0.2, 0) is 9.59 Å². The number of nitrogens with zero attached hydrogens (tertiary/aromatic N) is 2. The molecular weight excluding hydrogens is 314 g/mol. The molecule has 2 amide bonds. The van der Waals surface area contributed by atoms with E-state index in [4.69, 9.17) is 0 Å². The number of hydrogen-bond donors (Lipinski definition) is 1. The van der Waals surface area contributed by atoms with Crippen LogP contribution >= 0.6 is 0 Å². The van der Waals surface area contributed by atoms with Crippen molar-refractivity contribution in [3.05, 3.63) is 72.4 Å². The van der Waals surface area contributed by atoms with E-state index in [2.05, 4.69) is 9.97 Å². The number of nitrogens with one attached hydrogen (secondary N) is 1. The minimum Gasteiger partial charge on any atom is -0.323 e. The Morgan fingerprint density at radius 1 is 1.16 bits per heavy atom. The third-order valence-electron chi connectivity index (χ3n) is 5.22. The van der Waals surface area contributed by atoms with Gasteiger partial charge in [0.2, 0.25) is 11.9 Å². The maximum absolute atomic E-state index is 13.5. The lowest BCUT2D eigenvalue weighted by molar-refractivity contribution is -0.136. The number of fused-ring (bicyclic) bond motifs is 1. The summed E-state index contributed by atoms with van der Waals surface area (Å²) in [6, 6.07) is 7.50. The van der Waals surface area contributed by atoms with Gasteiger partial charge in [0.1, 0.15) is 5.41 Å². The van der Waals surface area contributed by atoms with Crippen LogP contribution in [-0.4, -0.2) is 21.8 Å². The molecule has 1 aromatic heterocycles. The molecule has 0 bridgehead atoms. The molecule has 2 heterocycles. The van der Waals surface area contributed by atoms with E-state index >= 15 is 0 Å². The van der Waals surface area contributed by atoms with Crippen molar-refractivity contribution < 1.29 is 9.59 Å². The normalized spacial score (nSPS) is 27.4. The molecule has 1 aliphatic heterocycles. The zero-order chi connectivity index (χ0) is 17.0. The Labute approximate surface area is 144 Å². The number of piperidine rings is 1. The summed E-state index contributed by atoms with van der Waals surface area (Å²) >= 11 is 0. The standard InChI is InChI=1S/C20H15N3O2/c24-17-12-14-8-5-7-13-6-3-4-11-20(13,14)18(25)23(17)19-21-15-9-1-2-10-16(15)22-19/h1-11,14H,12H2,(H,21,22). The highest BCUT2D eigenvalue weighted by molar-refractivity contribution is 6.20. The molecule has 2 aliphatic carbocycles. The van der Waals surface area contributed by atoms with Gasteiger partial charge < -0.3 is 4.98 Å². The van der Waals surface area contributed by atoms with Gasteiger partial charge >= 0.3 is 0 Å². The van der Waals surface area contributed by atoms with Crippen LogP contribution < -0.4 is 4.90 Å². The number of aromatic nitrogens is 2. The van der Waals surface area contributed by atoms with Crippen LogP contribution in [0.25, 0.3) is 11.0 Å². The van der Waals surface area contributed by atoms with Gasteiger partial charge in [0.25, 0.3) is 5.91 Å². The highest BCUT2D eigenvalue weighted by Crippen LogP contribution is 2.49. The number of hydrogen-bond acceptors (Lipinski definition) is 3. The van der Waals surface area contributed by atoms with Crippen molar-refractivity contribution in [2.75, 3.05) is 4.90 Å². The second kappa shape index (κ2) is 4.89. The van der Waals surface area contributed by atoms with Crippen molar-refractivity contribution in [3.8, 4) is 0 Å². The van der Waals surface area contributed by atoms with Gasteiger partial charge in [0.15, 0.2) is 0 Å². The molecule has 122 valence electrons. The third kappa shape index (κ3) is 1.80. The Hall–Kier alpha value is -3.21. The molecule has 1 spiro atoms. The summed E-state index contributed by atoms with van der Waals surface area (Å²) in [6.07, 6.45) is 13.8. The van der Waals surface area contributed by atoms with Crippen LogP contribution in [0.1, 0.15) is 6.42 Å². The molecule has 5 rings (SSSR count). The van der Waals surface area contributed by atoms with E-state index in [-0.39, 0.29) is 24.2 Å². The SMILES string of the molecule is O=C1CC2C=CC=C3C=CC=CC32C(=O)N1c1nc2ccccc2[nH]1. The highest BCUT2D eigenvalue weighted by Gasteiger charge is 2.55. The lowest BCUT2D eigenvalue weighted by Gasteiger charge is -2.45. The molecule has 0 radical (unpaired) electrons. The number of carbonyl (C=O) groups excluding carboxylic acids is 2. The Morgan fingerprint density at radius 3 is 2.92 bits per heavy atom. The second-order valence-electron chi connectivity index (χ2n) is 6.52. The molecule has 1 N–H and O–H groups in total. The molecule has 1 saturated heterocycles. The zero-order valence-corrected chi connectivity index (χ0v) is 13.3. The summed E-state index contributed by atoms with van der Waals surface area (Å²) in [5.41, 5.74) is 1.63. The Balaban J connectivity index is 1.66. The van der Waals surface area contributed by atoms with Gasteiger partial charge in [-0.15, -0.1) is 0 Å². The summed E-state index contributed by atoms with van der Waals surface area (Å²) in [6.45, 7) is 0. The molecule has 2 aromatic rings. The first-order valence-corrected chi connectivity index (χ1v) is 8.27. The molecular formula is C20H15N3O2. The quantitative estimate of drug-likeness (QED) is 0.818. The van der Waals surface area contributed by atoms with Crippen molar-refractivity contribution in [2.24, 2.45) is 11.3 Å². The molecule has 3 aliphatic rings. The molecule has 2 unspecified atom stereocenters. The number of carbonyl (C=O) groups is 2. The van der Waals surface area contributed by atoms with E-state index in [0.29, 0.717) is 5.95 Å². The molecule has 5 nitrogen and oxygen atoms in total. The molecule has 5 heteroatoms. The topological polar surface area (TPSA) is 66.1 Å². The molecule has 2 atom stereocenters. The molecule has 25 heavy (non-hydrogen) atoms. The minimum atomic E-state index is -0.823. The van der Waals surface area contributed by atoms with Crippen LogP contribution in [0.2, 0.25) is 0 Å². The molecule has 0 saturated carbocycles. The fraction of sp³-hybridized carbons (Fsp3) is 0.150. The number of aromatic amines is 1. The number of imidazole rings is 1. The zero-order valence-electron chi connectivity index (χ0n) is 13.3. The fourth-order valence-corrected chi connectivity index (χ4v) is 4.00. The van der Waals surface area contributed by atoms with E-state index in [1.54, 1.807) is 0 Å². The van der Waals surface area contributed by atoms with Crippen molar-refractivity contribution >= 4 is 28.8 Å². The van der Waals surface area contributed by atoms with E-state index in [9.17, 15) is 9.59 Å². The number of H-pyrrole nitrogens is 1. The Kier molecular flexibility index (Phi) is 2.77. The van der Waals surface area contributed by atoms with Crippen LogP contribution in [0.4, 0.5) is 5.95 Å². The largest absolute Gasteiger partial charge is 0.323 e. The second-order valence-corrected chi connectivity index (χ2v) is 6.52. The fourth-order valence-electron chi connectivity index (χ4n) is 4.00. The van der Waals surface area contributed by atoms with Gasteiger partial charge in [-0.2, -0.15) is 0 Å². The average Bonchev–Trinajstić information content (AvgIpc) is 3.05. The Bertz CT molecular complexity index is 1010. The summed E-state index contributed by atoms with van der Waals surface area (Å²) in [5.74, 6) is -0.340. The van der Waals surface area contributed by atoms with Crippen molar-refractivity contribution in [2.45, 2.75) is 6.42 Å². The first-order chi connectivity index (χ1) is 12.2. The van der Waals surface area contributed by atoms with Crippen LogP contribution in [0, 0.1) is 11.3 Å². The number of benzene rings is 1. The molecule has 1 fully saturated rings. The number of rotatable bonds is 1. The van der Waals surface area contributed by atoms with Gasteiger partial charge in [-0.25, -0.2) is 9.88 Å². The predicted octanol–water partition coefficient (Wildman–Crippen LogP) is 3.05. The van der Waals surface area contributed by atoms with Crippen molar-refractivity contribution in [3.63, 3.8) is 0 Å². The van der Waals surface area contributed by atoms with Gasteiger partial charge in [0.05, 0.1) is 11.0 Å². The molecule has 1 aromatic carbocycles. The number of allylic oxidation sites excluding steroid dienone is 6. The smallest absolute Gasteiger partial charge is 0.251 e. The van der Waals surface area contributed by atoms with Gasteiger partial charge in [-0.05, 0) is 17.7 Å². The number of anilines is 1. The number of amides is 2. The van der Waals surface area contributed by atoms with E-state index in [1.807, 2.05) is 66.8 Å². The lowest BCUT2D eigenvalue weighted by atomic mass is 9.62. The van der Waals surface area contributed by atoms with Crippen molar-refractivity contribution in [1.29, 1.82) is 0 Å². The van der Waals surface area contributed by atoms with Gasteiger partial charge in [-0.1, -0.05) is 54.7 Å². The van der Waals surface area contributed by atoms with Crippen LogP contribution in [0.5, 0.6) is 0 Å². The monoisotopic (exact) mass is 329 g/mol. The average molecular weight is 329 g/mol. The van der Waals surface area contributed by atoms with Crippen molar-refractivity contribution in [1.82, 2.24) is 9.97 Å². The predicted molar refractivity (Wildman–Crippen MR) is 94.6 cm³/mol. The van der Waals surface area contributed by atoms with Gasteiger partial charge in [0, 0.05) is 12.3 Å². The van der Waals surface area contributed by atoms with Gasteiger partial charge in [-0.3, -0.25) is 9.59 Å². The van der Waals surface area contributed by atoms with Crippen LogP contribution in [0.15, 0.2) is 72.4 Å².